The van der Waals surface area contributed by atoms with Gasteiger partial charge in [-0.05, 0) is 18.9 Å². The summed E-state index contributed by atoms with van der Waals surface area (Å²) in [7, 11) is 3.60. The molecule has 3 nitrogen and oxygen atoms in total. The van der Waals surface area contributed by atoms with Crippen molar-refractivity contribution in [2.75, 3.05) is 24.3 Å². The van der Waals surface area contributed by atoms with Gasteiger partial charge in [0.05, 0.1) is 17.3 Å². The number of benzene rings is 1. The van der Waals surface area contributed by atoms with E-state index < -0.39 is 11.6 Å². The Kier molecular flexibility index (Phi) is 3.66. The molecule has 1 fully saturated rings. The van der Waals surface area contributed by atoms with E-state index in [1.54, 1.807) is 25.2 Å². The summed E-state index contributed by atoms with van der Waals surface area (Å²) in [6.07, 6.45) is 6.25. The second kappa shape index (κ2) is 5.47. The van der Waals surface area contributed by atoms with Crippen LogP contribution in [-0.4, -0.2) is 25.1 Å². The maximum atomic E-state index is 14.2. The van der Waals surface area contributed by atoms with Crippen LogP contribution in [0.4, 0.5) is 20.3 Å². The van der Waals surface area contributed by atoms with E-state index in [0.717, 1.165) is 18.9 Å². The van der Waals surface area contributed by atoms with E-state index in [9.17, 15) is 8.78 Å². The summed E-state index contributed by atoms with van der Waals surface area (Å²) in [5, 5.41) is 4.31. The van der Waals surface area contributed by atoms with E-state index in [1.165, 1.54) is 18.9 Å². The molecule has 21 heavy (non-hydrogen) atoms. The Morgan fingerprint density at radius 1 is 1.19 bits per heavy atom. The molecule has 1 N–H and O–H groups in total. The van der Waals surface area contributed by atoms with Crippen LogP contribution in [-0.2, 0) is 0 Å². The summed E-state index contributed by atoms with van der Waals surface area (Å²) in [5.74, 6) is -0.624. The number of rotatable bonds is 3. The van der Waals surface area contributed by atoms with Gasteiger partial charge in [0.25, 0.3) is 0 Å². The minimum absolute atomic E-state index is 0.365. The van der Waals surface area contributed by atoms with Crippen LogP contribution in [0.25, 0.3) is 10.8 Å². The number of hydrogen-bond acceptors (Lipinski definition) is 3. The molecule has 1 aliphatic carbocycles. The molecular formula is C16H19F2N3. The van der Waals surface area contributed by atoms with E-state index in [0.29, 0.717) is 28.3 Å². The topological polar surface area (TPSA) is 28.2 Å². The number of nitrogens with zero attached hydrogens (tertiary/aromatic N) is 2. The lowest BCUT2D eigenvalue weighted by atomic mass is 10.1. The Morgan fingerprint density at radius 3 is 2.57 bits per heavy atom. The van der Waals surface area contributed by atoms with Gasteiger partial charge < -0.3 is 10.2 Å². The highest BCUT2D eigenvalue weighted by Gasteiger charge is 2.19. The number of fused-ring (bicyclic) bond motifs is 1. The van der Waals surface area contributed by atoms with Gasteiger partial charge in [-0.1, -0.05) is 12.8 Å². The fourth-order valence-electron chi connectivity index (χ4n) is 3.02. The molecule has 0 saturated heterocycles. The highest BCUT2D eigenvalue weighted by molar-refractivity contribution is 6.00. The number of anilines is 2. The van der Waals surface area contributed by atoms with Crippen molar-refractivity contribution in [2.24, 2.45) is 0 Å². The Morgan fingerprint density at radius 2 is 1.90 bits per heavy atom. The predicted molar refractivity (Wildman–Crippen MR) is 81.9 cm³/mol. The number of halogens is 2. The van der Waals surface area contributed by atoms with Crippen LogP contribution >= 0.6 is 0 Å². The van der Waals surface area contributed by atoms with Gasteiger partial charge in [-0.3, -0.25) is 0 Å². The summed E-state index contributed by atoms with van der Waals surface area (Å²) in [6, 6.07) is 2.66. The van der Waals surface area contributed by atoms with Gasteiger partial charge in [0.1, 0.15) is 17.5 Å². The van der Waals surface area contributed by atoms with E-state index in [4.69, 9.17) is 0 Å². The normalized spacial score (nSPS) is 15.6. The van der Waals surface area contributed by atoms with Crippen molar-refractivity contribution in [3.63, 3.8) is 0 Å². The largest absolute Gasteiger partial charge is 0.381 e. The number of nitrogens with one attached hydrogen (secondary N) is 1. The lowest BCUT2D eigenvalue weighted by Gasteiger charge is -2.19. The van der Waals surface area contributed by atoms with Crippen molar-refractivity contribution >= 4 is 22.3 Å². The molecule has 1 heterocycles. The van der Waals surface area contributed by atoms with Gasteiger partial charge in [0.15, 0.2) is 0 Å². The fraction of sp³-hybridized carbons (Fsp3) is 0.438. The second-order valence-corrected chi connectivity index (χ2v) is 5.83. The van der Waals surface area contributed by atoms with Gasteiger partial charge in [-0.15, -0.1) is 0 Å². The minimum Gasteiger partial charge on any atom is -0.381 e. The van der Waals surface area contributed by atoms with Crippen LogP contribution < -0.4 is 10.2 Å². The molecule has 0 radical (unpaired) electrons. The van der Waals surface area contributed by atoms with Gasteiger partial charge in [0.2, 0.25) is 0 Å². The van der Waals surface area contributed by atoms with E-state index in [-0.39, 0.29) is 0 Å². The highest BCUT2D eigenvalue weighted by atomic mass is 19.1. The van der Waals surface area contributed by atoms with Crippen LogP contribution in [0.3, 0.4) is 0 Å². The Labute approximate surface area is 123 Å². The number of aromatic nitrogens is 1. The molecule has 0 unspecified atom stereocenters. The van der Waals surface area contributed by atoms with Crippen molar-refractivity contribution in [3.8, 4) is 0 Å². The first-order valence-electron chi connectivity index (χ1n) is 7.28. The lowest BCUT2D eigenvalue weighted by Crippen LogP contribution is -2.17. The third kappa shape index (κ3) is 2.64. The zero-order chi connectivity index (χ0) is 15.0. The zero-order valence-electron chi connectivity index (χ0n) is 12.3. The van der Waals surface area contributed by atoms with E-state index in [1.807, 2.05) is 0 Å². The fourth-order valence-corrected chi connectivity index (χ4v) is 3.02. The molecule has 0 amide bonds. The van der Waals surface area contributed by atoms with Crippen molar-refractivity contribution in [2.45, 2.75) is 31.7 Å². The smallest absolute Gasteiger partial charge is 0.139 e. The summed E-state index contributed by atoms with van der Waals surface area (Å²) in [4.78, 5) is 6.08. The van der Waals surface area contributed by atoms with Crippen LogP contribution in [0.5, 0.6) is 0 Å². The highest BCUT2D eigenvalue weighted by Crippen LogP contribution is 2.34. The van der Waals surface area contributed by atoms with Crippen LogP contribution in [0.15, 0.2) is 18.3 Å². The average Bonchev–Trinajstić information content (AvgIpc) is 2.92. The Hall–Kier alpha value is -1.91. The zero-order valence-corrected chi connectivity index (χ0v) is 12.3. The molecule has 0 aliphatic heterocycles. The van der Waals surface area contributed by atoms with Crippen molar-refractivity contribution < 1.29 is 8.78 Å². The first-order valence-corrected chi connectivity index (χ1v) is 7.28. The summed E-state index contributed by atoms with van der Waals surface area (Å²) in [5.41, 5.74) is 0.709. The van der Waals surface area contributed by atoms with E-state index >= 15 is 0 Å². The van der Waals surface area contributed by atoms with Gasteiger partial charge in [-0.2, -0.15) is 0 Å². The Balaban J connectivity index is 2.14. The SMILES string of the molecule is CN(C)c1ncc(NC2CCCC2)c2cc(F)cc(F)c12. The molecule has 1 aromatic carbocycles. The number of pyridine rings is 1. The third-order valence-electron chi connectivity index (χ3n) is 4.02. The van der Waals surface area contributed by atoms with E-state index in [2.05, 4.69) is 10.3 Å². The lowest BCUT2D eigenvalue weighted by molar-refractivity contribution is 0.592. The van der Waals surface area contributed by atoms with Gasteiger partial charge >= 0.3 is 0 Å². The summed E-state index contributed by atoms with van der Waals surface area (Å²) < 4.78 is 27.8. The molecule has 1 aliphatic rings. The predicted octanol–water partition coefficient (Wildman–Crippen LogP) is 3.93. The summed E-state index contributed by atoms with van der Waals surface area (Å²) in [6.45, 7) is 0. The summed E-state index contributed by atoms with van der Waals surface area (Å²) >= 11 is 0. The molecule has 3 rings (SSSR count). The first-order chi connectivity index (χ1) is 10.1. The molecule has 0 spiro atoms. The van der Waals surface area contributed by atoms with Crippen LogP contribution in [0, 0.1) is 11.6 Å². The quantitative estimate of drug-likeness (QED) is 0.928. The Bertz CT molecular complexity index is 664. The van der Waals surface area contributed by atoms with Crippen molar-refractivity contribution in [1.29, 1.82) is 0 Å². The standard InChI is InChI=1S/C16H19F2N3/c1-21(2)16-15-12(7-10(17)8-13(15)18)14(9-19-16)20-11-5-3-4-6-11/h7-9,11,20H,3-6H2,1-2H3. The monoisotopic (exact) mass is 291 g/mol. The molecule has 2 aromatic rings. The second-order valence-electron chi connectivity index (χ2n) is 5.83. The first kappa shape index (κ1) is 14.0. The molecule has 1 aromatic heterocycles. The van der Waals surface area contributed by atoms with Crippen LogP contribution in [0.1, 0.15) is 25.7 Å². The van der Waals surface area contributed by atoms with Gasteiger partial charge in [-0.25, -0.2) is 13.8 Å². The molecule has 0 atom stereocenters. The molecular weight excluding hydrogens is 272 g/mol. The number of hydrogen-bond donors (Lipinski definition) is 1. The third-order valence-corrected chi connectivity index (χ3v) is 4.02. The maximum absolute atomic E-state index is 14.2. The van der Waals surface area contributed by atoms with Crippen LogP contribution in [0.2, 0.25) is 0 Å². The van der Waals surface area contributed by atoms with Gasteiger partial charge in [0, 0.05) is 31.6 Å². The molecule has 5 heteroatoms. The van der Waals surface area contributed by atoms with Crippen molar-refractivity contribution in [3.05, 3.63) is 30.0 Å². The minimum atomic E-state index is -0.573. The molecule has 1 saturated carbocycles. The maximum Gasteiger partial charge on any atom is 0.139 e. The molecule has 112 valence electrons. The van der Waals surface area contributed by atoms with Crippen molar-refractivity contribution in [1.82, 2.24) is 4.98 Å². The molecule has 0 bridgehead atoms. The average molecular weight is 291 g/mol.